The number of nitrogens with zero attached hydrogens (tertiary/aromatic N) is 1. The number of aliphatic hydroxyl groups is 1. The van der Waals surface area contributed by atoms with Crippen molar-refractivity contribution in [2.45, 2.75) is 51.8 Å². The van der Waals surface area contributed by atoms with Crippen molar-refractivity contribution in [1.29, 1.82) is 0 Å². The van der Waals surface area contributed by atoms with E-state index in [0.29, 0.717) is 6.54 Å². The lowest BCUT2D eigenvalue weighted by Crippen LogP contribution is -2.37. The van der Waals surface area contributed by atoms with Crippen LogP contribution in [0.4, 0.5) is 10.1 Å². The van der Waals surface area contributed by atoms with Crippen molar-refractivity contribution in [3.63, 3.8) is 0 Å². The van der Waals surface area contributed by atoms with E-state index in [0.717, 1.165) is 55.1 Å². The number of aryl methyl sites for hydroxylation is 1. The zero-order chi connectivity index (χ0) is 17.8. The Hall–Kier alpha value is -1.85. The summed E-state index contributed by atoms with van der Waals surface area (Å²) in [5, 5.41) is 13.2. The topological polar surface area (TPSA) is 48.6 Å². The molecule has 5 heteroatoms. The van der Waals surface area contributed by atoms with E-state index in [4.69, 9.17) is 4.42 Å². The van der Waals surface area contributed by atoms with Gasteiger partial charge in [-0.25, -0.2) is 4.39 Å². The van der Waals surface area contributed by atoms with Crippen molar-refractivity contribution in [1.82, 2.24) is 5.32 Å². The van der Waals surface area contributed by atoms with Crippen LogP contribution in [-0.2, 0) is 13.0 Å². The van der Waals surface area contributed by atoms with Gasteiger partial charge in [0.15, 0.2) is 0 Å². The van der Waals surface area contributed by atoms with Gasteiger partial charge in [0.05, 0.1) is 12.6 Å². The summed E-state index contributed by atoms with van der Waals surface area (Å²) in [4.78, 5) is 2.24. The minimum atomic E-state index is -0.226. The molecule has 0 amide bonds. The Morgan fingerprint density at radius 3 is 2.64 bits per heavy atom. The SMILES string of the molecule is CCc1ccc(CNC(C)c2cc(F)ccc2N2CCC(O)CC2)o1. The number of hydrogen-bond donors (Lipinski definition) is 2. The standard InChI is InChI=1S/C20H27FN2O2/c1-3-17-5-6-18(25-17)13-22-14(2)19-12-15(21)4-7-20(19)23-10-8-16(24)9-11-23/h4-7,12,14,16,22,24H,3,8-11,13H2,1-2H3. The van der Waals surface area contributed by atoms with Crippen LogP contribution in [0.5, 0.6) is 0 Å². The second kappa shape index (κ2) is 8.02. The zero-order valence-corrected chi connectivity index (χ0v) is 15.0. The summed E-state index contributed by atoms with van der Waals surface area (Å²) in [5.74, 6) is 1.64. The summed E-state index contributed by atoms with van der Waals surface area (Å²) in [6.07, 6.45) is 2.17. The number of anilines is 1. The highest BCUT2D eigenvalue weighted by molar-refractivity contribution is 5.55. The van der Waals surface area contributed by atoms with Crippen molar-refractivity contribution in [2.75, 3.05) is 18.0 Å². The van der Waals surface area contributed by atoms with E-state index in [1.54, 1.807) is 6.07 Å². The molecule has 2 N–H and O–H groups in total. The Labute approximate surface area is 148 Å². The molecule has 0 bridgehead atoms. The number of furan rings is 1. The minimum absolute atomic E-state index is 0.00673. The molecule has 1 atom stereocenters. The van der Waals surface area contributed by atoms with Crippen molar-refractivity contribution < 1.29 is 13.9 Å². The van der Waals surface area contributed by atoms with Crippen LogP contribution >= 0.6 is 0 Å². The van der Waals surface area contributed by atoms with Crippen LogP contribution in [0.15, 0.2) is 34.7 Å². The van der Waals surface area contributed by atoms with Gasteiger partial charge in [-0.2, -0.15) is 0 Å². The molecule has 0 aliphatic carbocycles. The van der Waals surface area contributed by atoms with Gasteiger partial charge in [0.25, 0.3) is 0 Å². The third kappa shape index (κ3) is 4.41. The van der Waals surface area contributed by atoms with Gasteiger partial charge in [-0.1, -0.05) is 6.92 Å². The second-order valence-corrected chi connectivity index (χ2v) is 6.75. The maximum atomic E-state index is 13.8. The van der Waals surface area contributed by atoms with Crippen molar-refractivity contribution in [3.05, 3.63) is 53.2 Å². The lowest BCUT2D eigenvalue weighted by Gasteiger charge is -2.34. The van der Waals surface area contributed by atoms with E-state index in [-0.39, 0.29) is 18.0 Å². The maximum absolute atomic E-state index is 13.8. The molecular formula is C20H27FN2O2. The highest BCUT2D eigenvalue weighted by atomic mass is 19.1. The number of piperidine rings is 1. The number of aliphatic hydroxyl groups excluding tert-OH is 1. The van der Waals surface area contributed by atoms with Gasteiger partial charge >= 0.3 is 0 Å². The van der Waals surface area contributed by atoms with Crippen LogP contribution in [0.1, 0.15) is 49.8 Å². The lowest BCUT2D eigenvalue weighted by molar-refractivity contribution is 0.145. The fourth-order valence-corrected chi connectivity index (χ4v) is 3.34. The third-order valence-corrected chi connectivity index (χ3v) is 4.91. The molecule has 1 unspecified atom stereocenters. The smallest absolute Gasteiger partial charge is 0.123 e. The van der Waals surface area contributed by atoms with Crippen LogP contribution in [-0.4, -0.2) is 24.3 Å². The van der Waals surface area contributed by atoms with Crippen LogP contribution in [0, 0.1) is 5.82 Å². The van der Waals surface area contributed by atoms with Gasteiger partial charge in [-0.3, -0.25) is 0 Å². The first-order valence-electron chi connectivity index (χ1n) is 9.10. The molecule has 0 radical (unpaired) electrons. The van der Waals surface area contributed by atoms with E-state index < -0.39 is 0 Å². The first-order valence-corrected chi connectivity index (χ1v) is 9.10. The van der Waals surface area contributed by atoms with Crippen LogP contribution in [0.3, 0.4) is 0 Å². The molecule has 1 saturated heterocycles. The Kier molecular flexibility index (Phi) is 5.76. The summed E-state index contributed by atoms with van der Waals surface area (Å²) in [6, 6.07) is 8.94. The molecule has 1 fully saturated rings. The highest BCUT2D eigenvalue weighted by Gasteiger charge is 2.21. The quantitative estimate of drug-likeness (QED) is 0.835. The van der Waals surface area contributed by atoms with E-state index in [2.05, 4.69) is 17.1 Å². The fourth-order valence-electron chi connectivity index (χ4n) is 3.34. The Morgan fingerprint density at radius 1 is 1.24 bits per heavy atom. The van der Waals surface area contributed by atoms with Crippen LogP contribution in [0.25, 0.3) is 0 Å². The maximum Gasteiger partial charge on any atom is 0.123 e. The van der Waals surface area contributed by atoms with Gasteiger partial charge < -0.3 is 19.7 Å². The third-order valence-electron chi connectivity index (χ3n) is 4.91. The lowest BCUT2D eigenvalue weighted by atomic mass is 10.0. The number of nitrogens with one attached hydrogen (secondary N) is 1. The number of hydrogen-bond acceptors (Lipinski definition) is 4. The largest absolute Gasteiger partial charge is 0.465 e. The van der Waals surface area contributed by atoms with Gasteiger partial charge in [0.2, 0.25) is 0 Å². The van der Waals surface area contributed by atoms with Gasteiger partial charge in [0.1, 0.15) is 17.3 Å². The molecule has 2 aromatic rings. The van der Waals surface area contributed by atoms with Crippen LogP contribution in [0.2, 0.25) is 0 Å². The summed E-state index contributed by atoms with van der Waals surface area (Å²) in [5.41, 5.74) is 1.99. The fraction of sp³-hybridized carbons (Fsp3) is 0.500. The summed E-state index contributed by atoms with van der Waals surface area (Å²) < 4.78 is 19.6. The van der Waals surface area contributed by atoms with Crippen molar-refractivity contribution in [3.8, 4) is 0 Å². The predicted octanol–water partition coefficient (Wildman–Crippen LogP) is 3.79. The molecule has 1 aliphatic heterocycles. The number of benzene rings is 1. The molecule has 1 aromatic heterocycles. The van der Waals surface area contributed by atoms with Gasteiger partial charge in [0, 0.05) is 31.2 Å². The molecular weight excluding hydrogens is 319 g/mol. The molecule has 25 heavy (non-hydrogen) atoms. The second-order valence-electron chi connectivity index (χ2n) is 6.75. The van der Waals surface area contributed by atoms with E-state index in [1.807, 2.05) is 25.1 Å². The first-order chi connectivity index (χ1) is 12.1. The van der Waals surface area contributed by atoms with Crippen molar-refractivity contribution >= 4 is 5.69 Å². The number of halogens is 1. The predicted molar refractivity (Wildman–Crippen MR) is 97.2 cm³/mol. The van der Waals surface area contributed by atoms with Crippen LogP contribution < -0.4 is 10.2 Å². The average Bonchev–Trinajstić information content (AvgIpc) is 3.08. The van der Waals surface area contributed by atoms with Crippen molar-refractivity contribution in [2.24, 2.45) is 0 Å². The molecule has 4 nitrogen and oxygen atoms in total. The summed E-state index contributed by atoms with van der Waals surface area (Å²) in [6.45, 7) is 6.30. The molecule has 1 aromatic carbocycles. The highest BCUT2D eigenvalue weighted by Crippen LogP contribution is 2.30. The Morgan fingerprint density at radius 2 is 1.96 bits per heavy atom. The molecule has 136 valence electrons. The minimum Gasteiger partial charge on any atom is -0.465 e. The summed E-state index contributed by atoms with van der Waals surface area (Å²) >= 11 is 0. The normalized spacial score (nSPS) is 17.0. The molecule has 3 rings (SSSR count). The molecule has 1 aliphatic rings. The molecule has 2 heterocycles. The first kappa shape index (κ1) is 18.0. The Balaban J connectivity index is 1.72. The van der Waals surface area contributed by atoms with E-state index in [9.17, 15) is 9.50 Å². The molecule has 0 saturated carbocycles. The Bertz CT molecular complexity index is 693. The average molecular weight is 346 g/mol. The van der Waals surface area contributed by atoms with E-state index in [1.165, 1.54) is 6.07 Å². The van der Waals surface area contributed by atoms with Gasteiger partial charge in [-0.05, 0) is 55.7 Å². The zero-order valence-electron chi connectivity index (χ0n) is 15.0. The summed E-state index contributed by atoms with van der Waals surface area (Å²) in [7, 11) is 0. The monoisotopic (exact) mass is 346 g/mol. The molecule has 0 spiro atoms. The van der Waals surface area contributed by atoms with E-state index >= 15 is 0 Å². The van der Waals surface area contributed by atoms with Gasteiger partial charge in [-0.15, -0.1) is 0 Å². The number of rotatable bonds is 6.